The molecule has 8 N–H and O–H groups in total. The monoisotopic (exact) mass is 527 g/mol. The minimum atomic E-state index is -0.545. The summed E-state index contributed by atoms with van der Waals surface area (Å²) in [5, 5.41) is 9.52. The second-order valence-electron chi connectivity index (χ2n) is 9.14. The van der Waals surface area contributed by atoms with E-state index in [9.17, 15) is 9.18 Å². The van der Waals surface area contributed by atoms with Crippen LogP contribution in [0.15, 0.2) is 54.1 Å². The summed E-state index contributed by atoms with van der Waals surface area (Å²) < 4.78 is 14.4. The number of H-pyrrole nitrogens is 1. The van der Waals surface area contributed by atoms with Crippen molar-refractivity contribution in [1.82, 2.24) is 15.3 Å². The maximum Gasteiger partial charge on any atom is 0.165 e. The van der Waals surface area contributed by atoms with Gasteiger partial charge >= 0.3 is 0 Å². The molecule has 3 aromatic rings. The van der Waals surface area contributed by atoms with Gasteiger partial charge in [0.2, 0.25) is 0 Å². The summed E-state index contributed by atoms with van der Waals surface area (Å²) in [6.07, 6.45) is 5.73. The highest BCUT2D eigenvalue weighted by molar-refractivity contribution is 6.31. The van der Waals surface area contributed by atoms with Crippen molar-refractivity contribution in [3.8, 4) is 11.3 Å². The smallest absolute Gasteiger partial charge is 0.165 e. The number of benzene rings is 2. The predicted molar refractivity (Wildman–Crippen MR) is 149 cm³/mol. The molecule has 3 rings (SSSR count). The fourth-order valence-corrected chi connectivity index (χ4v) is 4.22. The van der Waals surface area contributed by atoms with Gasteiger partial charge in [-0.25, -0.2) is 9.37 Å². The maximum atomic E-state index is 14.4. The molecule has 0 saturated heterocycles. The molecule has 0 aliphatic rings. The Morgan fingerprint density at radius 3 is 2.76 bits per heavy atom. The number of hydrogen-bond donors (Lipinski definition) is 6. The van der Waals surface area contributed by atoms with Crippen LogP contribution in [0.2, 0.25) is 5.02 Å². The minimum Gasteiger partial charge on any atom is -0.399 e. The fourth-order valence-electron chi connectivity index (χ4n) is 4.05. The van der Waals surface area contributed by atoms with Gasteiger partial charge in [0.25, 0.3) is 0 Å². The van der Waals surface area contributed by atoms with E-state index in [1.807, 2.05) is 25.2 Å². The van der Waals surface area contributed by atoms with Crippen molar-refractivity contribution in [2.75, 3.05) is 23.4 Å². The predicted octanol–water partition coefficient (Wildman–Crippen LogP) is 5.78. The number of aldehydes is 1. The molecule has 2 atom stereocenters. The molecule has 0 fully saturated rings. The zero-order chi connectivity index (χ0) is 26.9. The van der Waals surface area contributed by atoms with Gasteiger partial charge in [-0.2, -0.15) is 0 Å². The van der Waals surface area contributed by atoms with E-state index in [2.05, 4.69) is 32.8 Å². The quantitative estimate of drug-likeness (QED) is 0.122. The fraction of sp³-hybridized carbons (Fsp3) is 0.333. The number of nitrogens with zero attached hydrogens (tertiary/aromatic N) is 1. The van der Waals surface area contributed by atoms with Gasteiger partial charge in [0.05, 0.1) is 34.3 Å². The van der Waals surface area contributed by atoms with Crippen LogP contribution in [0, 0.1) is 11.7 Å². The molecule has 8 nitrogen and oxygen atoms in total. The van der Waals surface area contributed by atoms with Crippen LogP contribution in [0.5, 0.6) is 0 Å². The molecule has 0 bridgehead atoms. The topological polar surface area (TPSA) is 134 Å². The highest BCUT2D eigenvalue weighted by Gasteiger charge is 2.19. The van der Waals surface area contributed by atoms with E-state index in [0.717, 1.165) is 42.5 Å². The number of aromatic amines is 1. The Hall–Kier alpha value is -3.72. The average Bonchev–Trinajstić information content (AvgIpc) is 3.36. The largest absolute Gasteiger partial charge is 0.399 e. The zero-order valence-electron chi connectivity index (χ0n) is 21.4. The third-order valence-corrected chi connectivity index (χ3v) is 6.52. The lowest BCUT2D eigenvalue weighted by atomic mass is 9.99. The lowest BCUT2D eigenvalue weighted by molar-refractivity contribution is -0.108. The van der Waals surface area contributed by atoms with Crippen molar-refractivity contribution in [2.45, 2.75) is 45.6 Å². The SMILES string of the molecule is CNc1cc(N)ccc1-c1cnc(C(CCCC(C)CC=O)N/C(N)=C(\C)Nc2cccc(Cl)c2F)[nH]1. The van der Waals surface area contributed by atoms with Crippen LogP contribution in [0.4, 0.5) is 21.5 Å². The second-order valence-corrected chi connectivity index (χ2v) is 9.54. The Labute approximate surface area is 222 Å². The number of halogens is 2. The third-order valence-electron chi connectivity index (χ3n) is 6.22. The highest BCUT2D eigenvalue weighted by Crippen LogP contribution is 2.30. The third kappa shape index (κ3) is 7.39. The van der Waals surface area contributed by atoms with Crippen molar-refractivity contribution in [2.24, 2.45) is 11.7 Å². The Morgan fingerprint density at radius 2 is 2.03 bits per heavy atom. The number of carbonyl (C=O) groups excluding carboxylic acids is 1. The van der Waals surface area contributed by atoms with E-state index in [-0.39, 0.29) is 16.8 Å². The van der Waals surface area contributed by atoms with Crippen molar-refractivity contribution >= 4 is 34.9 Å². The number of imidazole rings is 1. The molecular formula is C27H35ClFN7O. The number of carbonyl (C=O) groups is 1. The van der Waals surface area contributed by atoms with Crippen molar-refractivity contribution < 1.29 is 9.18 Å². The van der Waals surface area contributed by atoms with Crippen LogP contribution < -0.4 is 27.4 Å². The zero-order valence-corrected chi connectivity index (χ0v) is 22.1. The lowest BCUT2D eigenvalue weighted by Crippen LogP contribution is -2.29. The van der Waals surface area contributed by atoms with Crippen LogP contribution >= 0.6 is 11.6 Å². The first-order valence-corrected chi connectivity index (χ1v) is 12.6. The molecule has 37 heavy (non-hydrogen) atoms. The van der Waals surface area contributed by atoms with Crippen LogP contribution in [-0.4, -0.2) is 23.3 Å². The molecule has 1 aromatic heterocycles. The summed E-state index contributed by atoms with van der Waals surface area (Å²) in [4.78, 5) is 18.9. The first-order valence-electron chi connectivity index (χ1n) is 12.2. The van der Waals surface area contributed by atoms with Crippen LogP contribution in [-0.2, 0) is 4.79 Å². The van der Waals surface area contributed by atoms with E-state index in [1.165, 1.54) is 6.07 Å². The second kappa shape index (κ2) is 13.0. The van der Waals surface area contributed by atoms with E-state index >= 15 is 0 Å². The molecule has 0 aliphatic carbocycles. The Kier molecular flexibility index (Phi) is 9.79. The molecule has 0 radical (unpaired) electrons. The standard InChI is InChI=1S/C27H35ClFN7O/c1-16(12-13-37)6-4-9-22(35-26(31)17(2)34-21-8-5-7-20(28)25(21)29)27-33-15-24(36-27)19-11-10-18(30)14-23(19)32-3/h5,7-8,10-11,13-16,22,32,34-35H,4,6,9,12,30-31H2,1-3H3,(H,33,36)/b26-17+. The Bertz CT molecular complexity index is 1240. The number of rotatable bonds is 13. The summed E-state index contributed by atoms with van der Waals surface area (Å²) >= 11 is 5.91. The van der Waals surface area contributed by atoms with Gasteiger partial charge in [-0.1, -0.05) is 37.4 Å². The number of aromatic nitrogens is 2. The molecule has 2 unspecified atom stereocenters. The van der Waals surface area contributed by atoms with Crippen molar-refractivity contribution in [3.63, 3.8) is 0 Å². The summed E-state index contributed by atoms with van der Waals surface area (Å²) in [7, 11) is 1.84. The van der Waals surface area contributed by atoms with Gasteiger partial charge < -0.3 is 37.2 Å². The van der Waals surface area contributed by atoms with Gasteiger partial charge in [0.1, 0.15) is 17.9 Å². The van der Waals surface area contributed by atoms with Gasteiger partial charge in [0, 0.05) is 30.4 Å². The molecule has 0 spiro atoms. The molecule has 198 valence electrons. The minimum absolute atomic E-state index is 0.0263. The Balaban J connectivity index is 1.85. The normalized spacial score (nSPS) is 13.4. The van der Waals surface area contributed by atoms with Gasteiger partial charge in [-0.3, -0.25) is 0 Å². The molecule has 10 heteroatoms. The molecule has 0 saturated carbocycles. The van der Waals surface area contributed by atoms with E-state index in [4.69, 9.17) is 23.1 Å². The molecule has 2 aromatic carbocycles. The van der Waals surface area contributed by atoms with Crippen LogP contribution in [0.25, 0.3) is 11.3 Å². The van der Waals surface area contributed by atoms with Crippen LogP contribution in [0.3, 0.4) is 0 Å². The van der Waals surface area contributed by atoms with E-state index in [0.29, 0.717) is 35.4 Å². The first kappa shape index (κ1) is 27.9. The number of hydrogen-bond acceptors (Lipinski definition) is 7. The Morgan fingerprint density at radius 1 is 1.24 bits per heavy atom. The molecule has 1 heterocycles. The van der Waals surface area contributed by atoms with Gasteiger partial charge in [-0.05, 0) is 49.6 Å². The number of nitrogens with two attached hydrogens (primary N) is 2. The van der Waals surface area contributed by atoms with Gasteiger partial charge in [-0.15, -0.1) is 0 Å². The van der Waals surface area contributed by atoms with Crippen molar-refractivity contribution in [1.29, 1.82) is 0 Å². The summed E-state index contributed by atoms with van der Waals surface area (Å²) in [5.41, 5.74) is 16.4. The summed E-state index contributed by atoms with van der Waals surface area (Å²) in [6.45, 7) is 3.82. The lowest BCUT2D eigenvalue weighted by Gasteiger charge is -2.21. The molecular weight excluding hydrogens is 493 g/mol. The number of anilines is 3. The molecule has 0 amide bonds. The summed E-state index contributed by atoms with van der Waals surface area (Å²) in [6, 6.07) is 10.1. The number of nitrogen functional groups attached to an aromatic ring is 1. The van der Waals surface area contributed by atoms with E-state index in [1.54, 1.807) is 25.3 Å². The maximum absolute atomic E-state index is 14.4. The highest BCUT2D eigenvalue weighted by atomic mass is 35.5. The van der Waals surface area contributed by atoms with Crippen molar-refractivity contribution in [3.05, 3.63) is 70.8 Å². The first-order chi connectivity index (χ1) is 17.7. The van der Waals surface area contributed by atoms with E-state index < -0.39 is 5.82 Å². The number of nitrogens with one attached hydrogen (secondary N) is 4. The van der Waals surface area contributed by atoms with Crippen LogP contribution in [0.1, 0.15) is 51.4 Å². The number of allylic oxidation sites excluding steroid dienone is 1. The van der Waals surface area contributed by atoms with Gasteiger partial charge in [0.15, 0.2) is 5.82 Å². The average molecular weight is 528 g/mol. The molecule has 0 aliphatic heterocycles. The summed E-state index contributed by atoms with van der Waals surface area (Å²) in [5.74, 6) is 0.810.